The largest absolute Gasteiger partial charge is 0.342 e. The first-order chi connectivity index (χ1) is 7.81. The second-order valence-electron chi connectivity index (χ2n) is 3.94. The fourth-order valence-electron chi connectivity index (χ4n) is 2.04. The van der Waals surface area contributed by atoms with E-state index in [1.807, 2.05) is 6.92 Å². The molecule has 2 N–H and O–H groups in total. The second kappa shape index (κ2) is 7.35. The van der Waals surface area contributed by atoms with Crippen LogP contribution in [-0.2, 0) is 4.84 Å². The standard InChI is InChI=1S/C11H22N4O/c1-3-14-11(16-13-2)10-4-7-15(8-5-10)9-6-12/h10H,2-9,12H2,1H3. The lowest BCUT2D eigenvalue weighted by molar-refractivity contribution is 0.194. The van der Waals surface area contributed by atoms with E-state index in [2.05, 4.69) is 21.8 Å². The molecule has 0 spiro atoms. The predicted molar refractivity (Wildman–Crippen MR) is 66.8 cm³/mol. The number of nitrogens with two attached hydrogens (primary N) is 1. The molecular weight excluding hydrogens is 204 g/mol. The Morgan fingerprint density at radius 3 is 2.69 bits per heavy atom. The van der Waals surface area contributed by atoms with Crippen molar-refractivity contribution in [1.29, 1.82) is 0 Å². The highest BCUT2D eigenvalue weighted by Crippen LogP contribution is 2.19. The average molecular weight is 226 g/mol. The Hall–Kier alpha value is -0.940. The van der Waals surface area contributed by atoms with E-state index in [1.165, 1.54) is 0 Å². The molecule has 1 aliphatic rings. The molecule has 92 valence electrons. The maximum absolute atomic E-state index is 5.54. The molecule has 1 aliphatic heterocycles. The van der Waals surface area contributed by atoms with Gasteiger partial charge in [0.25, 0.3) is 0 Å². The van der Waals surface area contributed by atoms with Gasteiger partial charge in [-0.25, -0.2) is 0 Å². The number of likely N-dealkylation sites (tertiary alicyclic amines) is 1. The Morgan fingerprint density at radius 2 is 2.19 bits per heavy atom. The van der Waals surface area contributed by atoms with Gasteiger partial charge in [-0.3, -0.25) is 4.99 Å². The highest BCUT2D eigenvalue weighted by molar-refractivity contribution is 5.78. The van der Waals surface area contributed by atoms with E-state index in [4.69, 9.17) is 10.6 Å². The van der Waals surface area contributed by atoms with Gasteiger partial charge in [0, 0.05) is 32.3 Å². The molecule has 5 heteroatoms. The lowest BCUT2D eigenvalue weighted by Gasteiger charge is -2.31. The van der Waals surface area contributed by atoms with Crippen molar-refractivity contribution >= 4 is 12.6 Å². The minimum absolute atomic E-state index is 0.388. The third kappa shape index (κ3) is 3.90. The van der Waals surface area contributed by atoms with Crippen LogP contribution in [0.3, 0.4) is 0 Å². The van der Waals surface area contributed by atoms with Gasteiger partial charge in [0.1, 0.15) is 0 Å². The van der Waals surface area contributed by atoms with Gasteiger partial charge < -0.3 is 15.5 Å². The van der Waals surface area contributed by atoms with Crippen LogP contribution >= 0.6 is 0 Å². The van der Waals surface area contributed by atoms with Crippen LogP contribution in [0, 0.1) is 5.92 Å². The maximum atomic E-state index is 5.54. The van der Waals surface area contributed by atoms with E-state index in [9.17, 15) is 0 Å². The van der Waals surface area contributed by atoms with Gasteiger partial charge in [0.15, 0.2) is 0 Å². The summed E-state index contributed by atoms with van der Waals surface area (Å²) in [5.41, 5.74) is 5.54. The van der Waals surface area contributed by atoms with E-state index in [0.29, 0.717) is 5.92 Å². The Balaban J connectivity index is 2.44. The summed E-state index contributed by atoms with van der Waals surface area (Å²) < 4.78 is 0. The monoisotopic (exact) mass is 226 g/mol. The van der Waals surface area contributed by atoms with Crippen LogP contribution in [0.1, 0.15) is 19.8 Å². The van der Waals surface area contributed by atoms with Crippen molar-refractivity contribution in [2.24, 2.45) is 21.8 Å². The Morgan fingerprint density at radius 1 is 1.50 bits per heavy atom. The summed E-state index contributed by atoms with van der Waals surface area (Å²) in [5.74, 6) is 1.13. The summed E-state index contributed by atoms with van der Waals surface area (Å²) in [6, 6.07) is 0. The zero-order valence-corrected chi connectivity index (χ0v) is 10.1. The van der Waals surface area contributed by atoms with Gasteiger partial charge in [0.2, 0.25) is 5.90 Å². The molecule has 1 rings (SSSR count). The Bertz CT molecular complexity index is 234. The van der Waals surface area contributed by atoms with Crippen LogP contribution < -0.4 is 5.73 Å². The van der Waals surface area contributed by atoms with Crippen molar-refractivity contribution < 1.29 is 4.84 Å². The number of nitrogens with zero attached hydrogens (tertiary/aromatic N) is 3. The van der Waals surface area contributed by atoms with Crippen LogP contribution in [0.2, 0.25) is 0 Å². The first-order valence-corrected chi connectivity index (χ1v) is 5.91. The first kappa shape index (κ1) is 13.1. The van der Waals surface area contributed by atoms with Crippen molar-refractivity contribution in [3.63, 3.8) is 0 Å². The fraction of sp³-hybridized carbons (Fsp3) is 0.818. The van der Waals surface area contributed by atoms with Crippen LogP contribution in [0.25, 0.3) is 0 Å². The van der Waals surface area contributed by atoms with E-state index in [1.54, 1.807) is 0 Å². The van der Waals surface area contributed by atoms with E-state index in [-0.39, 0.29) is 0 Å². The molecule has 0 atom stereocenters. The summed E-state index contributed by atoms with van der Waals surface area (Å²) in [6.07, 6.45) is 2.13. The van der Waals surface area contributed by atoms with E-state index in [0.717, 1.165) is 51.5 Å². The lowest BCUT2D eigenvalue weighted by Crippen LogP contribution is -2.39. The summed E-state index contributed by atoms with van der Waals surface area (Å²) >= 11 is 0. The third-order valence-corrected chi connectivity index (χ3v) is 2.85. The number of aliphatic imine (C=N–C) groups is 1. The molecule has 0 bridgehead atoms. The third-order valence-electron chi connectivity index (χ3n) is 2.85. The van der Waals surface area contributed by atoms with Gasteiger partial charge >= 0.3 is 0 Å². The van der Waals surface area contributed by atoms with E-state index >= 15 is 0 Å². The summed E-state index contributed by atoms with van der Waals surface area (Å²) in [5, 5.41) is 3.47. The number of rotatable bonds is 5. The van der Waals surface area contributed by atoms with Gasteiger partial charge in [-0.15, -0.1) is 0 Å². The molecule has 1 saturated heterocycles. The normalized spacial score (nSPS) is 19.8. The van der Waals surface area contributed by atoms with Crippen LogP contribution in [-0.4, -0.2) is 50.2 Å². The number of piperidine rings is 1. The minimum atomic E-state index is 0.388. The molecule has 0 saturated carbocycles. The highest BCUT2D eigenvalue weighted by Gasteiger charge is 2.24. The molecule has 0 aromatic carbocycles. The molecule has 0 radical (unpaired) electrons. The zero-order chi connectivity index (χ0) is 11.8. The van der Waals surface area contributed by atoms with E-state index < -0.39 is 0 Å². The highest BCUT2D eigenvalue weighted by atomic mass is 16.6. The van der Waals surface area contributed by atoms with Gasteiger partial charge in [-0.1, -0.05) is 5.16 Å². The van der Waals surface area contributed by atoms with Gasteiger partial charge in [-0.05, 0) is 32.9 Å². The number of hydrogen-bond donors (Lipinski definition) is 1. The topological polar surface area (TPSA) is 63.2 Å². The molecular formula is C11H22N4O. The van der Waals surface area contributed by atoms with Crippen molar-refractivity contribution in [3.05, 3.63) is 0 Å². The van der Waals surface area contributed by atoms with Crippen molar-refractivity contribution in [3.8, 4) is 0 Å². The quantitative estimate of drug-likeness (QED) is 0.426. The number of oxime groups is 1. The molecule has 0 aromatic rings. The minimum Gasteiger partial charge on any atom is -0.342 e. The molecule has 0 aromatic heterocycles. The average Bonchev–Trinajstić information content (AvgIpc) is 2.30. The first-order valence-electron chi connectivity index (χ1n) is 5.91. The van der Waals surface area contributed by atoms with Gasteiger partial charge in [0.05, 0.1) is 0 Å². The SMILES string of the molecule is C=NOC(=NCC)C1CCN(CCN)CC1. The van der Waals surface area contributed by atoms with Crippen molar-refractivity contribution in [1.82, 2.24) is 4.90 Å². The molecule has 0 unspecified atom stereocenters. The lowest BCUT2D eigenvalue weighted by atomic mass is 9.96. The van der Waals surface area contributed by atoms with Crippen molar-refractivity contribution in [2.75, 3.05) is 32.7 Å². The summed E-state index contributed by atoms with van der Waals surface area (Å²) in [6.45, 7) is 9.90. The van der Waals surface area contributed by atoms with Crippen molar-refractivity contribution in [2.45, 2.75) is 19.8 Å². The summed E-state index contributed by atoms with van der Waals surface area (Å²) in [4.78, 5) is 11.8. The smallest absolute Gasteiger partial charge is 0.223 e. The zero-order valence-electron chi connectivity index (χ0n) is 10.1. The number of hydrogen-bond acceptors (Lipinski definition) is 5. The Kier molecular flexibility index (Phi) is 6.03. The van der Waals surface area contributed by atoms with Gasteiger partial charge in [-0.2, -0.15) is 0 Å². The van der Waals surface area contributed by atoms with Crippen LogP contribution in [0.4, 0.5) is 0 Å². The fourth-order valence-corrected chi connectivity index (χ4v) is 2.04. The molecule has 1 heterocycles. The molecule has 1 fully saturated rings. The molecule has 16 heavy (non-hydrogen) atoms. The predicted octanol–water partition coefficient (Wildman–Crippen LogP) is 0.708. The molecule has 0 aliphatic carbocycles. The molecule has 5 nitrogen and oxygen atoms in total. The van der Waals surface area contributed by atoms with Crippen LogP contribution in [0.5, 0.6) is 0 Å². The summed E-state index contributed by atoms with van der Waals surface area (Å²) in [7, 11) is 0. The maximum Gasteiger partial charge on any atom is 0.223 e. The second-order valence-corrected chi connectivity index (χ2v) is 3.94. The molecule has 0 amide bonds. The Labute approximate surface area is 97.3 Å². The van der Waals surface area contributed by atoms with Crippen LogP contribution in [0.15, 0.2) is 10.1 Å².